The normalized spacial score (nSPS) is 17.4. The Morgan fingerprint density at radius 2 is 1.81 bits per heavy atom. The summed E-state index contributed by atoms with van der Waals surface area (Å²) in [5.41, 5.74) is 3.25. The zero-order valence-electron chi connectivity index (χ0n) is 18.9. The molecule has 0 radical (unpaired) electrons. The first-order chi connectivity index (χ1) is 14.4. The van der Waals surface area contributed by atoms with Crippen LogP contribution in [0.5, 0.6) is 5.75 Å². The molecule has 0 spiro atoms. The van der Waals surface area contributed by atoms with E-state index < -0.39 is 10.0 Å². The summed E-state index contributed by atoms with van der Waals surface area (Å²) in [7, 11) is -3.45. The number of benzene rings is 2. The minimum atomic E-state index is -3.45. The fourth-order valence-corrected chi connectivity index (χ4v) is 5.11. The van der Waals surface area contributed by atoms with Gasteiger partial charge in [-0.25, -0.2) is 8.42 Å². The van der Waals surface area contributed by atoms with Crippen molar-refractivity contribution in [3.8, 4) is 5.75 Å². The first kappa shape index (κ1) is 23.1. The third-order valence-corrected chi connectivity index (χ3v) is 6.57. The fraction of sp³-hybridized carbons (Fsp3) is 0.458. The highest BCUT2D eigenvalue weighted by Gasteiger charge is 2.34. The molecule has 0 saturated carbocycles. The third kappa shape index (κ3) is 6.00. The van der Waals surface area contributed by atoms with Gasteiger partial charge in [0.2, 0.25) is 15.9 Å². The van der Waals surface area contributed by atoms with E-state index in [9.17, 15) is 13.2 Å². The molecule has 3 rings (SSSR count). The fourth-order valence-electron chi connectivity index (χ4n) is 4.16. The molecular formula is C24H32N2O4S. The highest BCUT2D eigenvalue weighted by Crippen LogP contribution is 2.39. The summed E-state index contributed by atoms with van der Waals surface area (Å²) < 4.78 is 32.1. The lowest BCUT2D eigenvalue weighted by Crippen LogP contribution is -2.41. The summed E-state index contributed by atoms with van der Waals surface area (Å²) in [5, 5.41) is 3.11. The molecule has 1 aliphatic rings. The van der Waals surface area contributed by atoms with Gasteiger partial charge in [0.15, 0.2) is 0 Å². The van der Waals surface area contributed by atoms with Crippen molar-refractivity contribution in [1.29, 1.82) is 0 Å². The van der Waals surface area contributed by atoms with E-state index in [2.05, 4.69) is 5.32 Å². The van der Waals surface area contributed by atoms with E-state index in [1.807, 2.05) is 70.2 Å². The van der Waals surface area contributed by atoms with Crippen LogP contribution in [-0.4, -0.2) is 32.7 Å². The first-order valence-corrected chi connectivity index (χ1v) is 12.4. The summed E-state index contributed by atoms with van der Waals surface area (Å²) in [5.74, 6) is 0.702. The Hall–Kier alpha value is -2.54. The van der Waals surface area contributed by atoms with Crippen LogP contribution in [0.1, 0.15) is 55.8 Å². The minimum absolute atomic E-state index is 0.0913. The number of nitrogens with zero attached hydrogens (tertiary/aromatic N) is 1. The predicted molar refractivity (Wildman–Crippen MR) is 124 cm³/mol. The van der Waals surface area contributed by atoms with Crippen LogP contribution < -0.4 is 14.4 Å². The monoisotopic (exact) mass is 444 g/mol. The largest absolute Gasteiger partial charge is 0.487 e. The lowest BCUT2D eigenvalue weighted by atomic mass is 9.89. The second kappa shape index (κ2) is 8.91. The number of fused-ring (bicyclic) bond motifs is 1. The number of rotatable bonds is 7. The summed E-state index contributed by atoms with van der Waals surface area (Å²) in [6.07, 6.45) is 2.55. The first-order valence-electron chi connectivity index (χ1n) is 10.6. The number of anilines is 1. The maximum atomic E-state index is 12.7. The second-order valence-electron chi connectivity index (χ2n) is 9.01. The predicted octanol–water partition coefficient (Wildman–Crippen LogP) is 4.27. The van der Waals surface area contributed by atoms with E-state index in [1.54, 1.807) is 0 Å². The molecule has 7 heteroatoms. The van der Waals surface area contributed by atoms with Crippen LogP contribution in [0.3, 0.4) is 0 Å². The number of hydrogen-bond donors (Lipinski definition) is 1. The topological polar surface area (TPSA) is 75.7 Å². The summed E-state index contributed by atoms with van der Waals surface area (Å²) >= 11 is 0. The summed E-state index contributed by atoms with van der Waals surface area (Å²) in [6.45, 7) is 8.16. The van der Waals surface area contributed by atoms with Gasteiger partial charge in [-0.15, -0.1) is 0 Å². The molecule has 2 aromatic carbocycles. The van der Waals surface area contributed by atoms with Crippen molar-refractivity contribution in [3.05, 3.63) is 59.2 Å². The number of para-hydroxylation sites is 1. The molecule has 1 amide bonds. The van der Waals surface area contributed by atoms with Gasteiger partial charge >= 0.3 is 0 Å². The molecular weight excluding hydrogens is 412 g/mol. The van der Waals surface area contributed by atoms with E-state index in [4.69, 9.17) is 4.74 Å². The number of carbonyl (C=O) groups is 1. The number of amides is 1. The lowest BCUT2D eigenvalue weighted by molar-refractivity contribution is -0.122. The standard InChI is InChI=1S/C24H32N2O4S/c1-17-13-18(2)15-19(14-17)26(31(5,28)29)12-8-11-23(27)25-21-16-24(3,4)30-22-10-7-6-9-20(21)22/h6-7,9-10,13-15,21H,8,11-12,16H2,1-5H3,(H,25,27). The Labute approximate surface area is 185 Å². The van der Waals surface area contributed by atoms with Crippen LogP contribution in [0, 0.1) is 13.8 Å². The van der Waals surface area contributed by atoms with Gasteiger partial charge in [0.05, 0.1) is 18.0 Å². The SMILES string of the molecule is Cc1cc(C)cc(N(CCCC(=O)NC2CC(C)(C)Oc3ccccc32)S(C)(=O)=O)c1. The van der Waals surface area contributed by atoms with Crippen molar-refractivity contribution >= 4 is 21.6 Å². The number of nitrogens with one attached hydrogen (secondary N) is 1. The van der Waals surface area contributed by atoms with Gasteiger partial charge in [0.25, 0.3) is 0 Å². The molecule has 0 fully saturated rings. The molecule has 0 aromatic heterocycles. The van der Waals surface area contributed by atoms with E-state index in [-0.39, 0.29) is 30.5 Å². The Morgan fingerprint density at radius 1 is 1.16 bits per heavy atom. The molecule has 1 unspecified atom stereocenters. The molecule has 0 aliphatic carbocycles. The maximum absolute atomic E-state index is 12.7. The van der Waals surface area contributed by atoms with Crippen molar-refractivity contribution in [2.45, 2.75) is 58.6 Å². The van der Waals surface area contributed by atoms with Crippen LogP contribution in [-0.2, 0) is 14.8 Å². The molecule has 1 atom stereocenters. The van der Waals surface area contributed by atoms with Crippen molar-refractivity contribution in [3.63, 3.8) is 0 Å². The number of sulfonamides is 1. The van der Waals surface area contributed by atoms with Crippen molar-refractivity contribution in [2.24, 2.45) is 0 Å². The van der Waals surface area contributed by atoms with Crippen LogP contribution >= 0.6 is 0 Å². The molecule has 31 heavy (non-hydrogen) atoms. The van der Waals surface area contributed by atoms with E-state index in [0.717, 1.165) is 22.4 Å². The van der Waals surface area contributed by atoms with Gasteiger partial charge in [0, 0.05) is 24.9 Å². The van der Waals surface area contributed by atoms with E-state index >= 15 is 0 Å². The molecule has 6 nitrogen and oxygen atoms in total. The Morgan fingerprint density at radius 3 is 2.45 bits per heavy atom. The van der Waals surface area contributed by atoms with Crippen molar-refractivity contribution < 1.29 is 17.9 Å². The van der Waals surface area contributed by atoms with Crippen LogP contribution in [0.25, 0.3) is 0 Å². The number of ether oxygens (including phenoxy) is 1. The van der Waals surface area contributed by atoms with Gasteiger partial charge in [-0.05, 0) is 63.4 Å². The van der Waals surface area contributed by atoms with Crippen LogP contribution in [0.4, 0.5) is 5.69 Å². The van der Waals surface area contributed by atoms with Gasteiger partial charge in [-0.3, -0.25) is 9.10 Å². The average Bonchev–Trinajstić information content (AvgIpc) is 2.62. The van der Waals surface area contributed by atoms with E-state index in [1.165, 1.54) is 10.6 Å². The number of aryl methyl sites for hydroxylation is 2. The third-order valence-electron chi connectivity index (χ3n) is 5.37. The Balaban J connectivity index is 1.65. The quantitative estimate of drug-likeness (QED) is 0.692. The highest BCUT2D eigenvalue weighted by atomic mass is 32.2. The molecule has 1 heterocycles. The molecule has 0 saturated heterocycles. The second-order valence-corrected chi connectivity index (χ2v) is 10.9. The molecule has 2 aromatic rings. The van der Waals surface area contributed by atoms with Crippen LogP contribution in [0.2, 0.25) is 0 Å². The van der Waals surface area contributed by atoms with Gasteiger partial charge in [-0.1, -0.05) is 24.3 Å². The lowest BCUT2D eigenvalue weighted by Gasteiger charge is -2.37. The van der Waals surface area contributed by atoms with E-state index in [0.29, 0.717) is 18.5 Å². The highest BCUT2D eigenvalue weighted by molar-refractivity contribution is 7.92. The average molecular weight is 445 g/mol. The van der Waals surface area contributed by atoms with Gasteiger partial charge < -0.3 is 10.1 Å². The zero-order chi connectivity index (χ0) is 22.8. The molecule has 168 valence electrons. The summed E-state index contributed by atoms with van der Waals surface area (Å²) in [4.78, 5) is 12.7. The Kier molecular flexibility index (Phi) is 6.65. The van der Waals surface area contributed by atoms with Crippen LogP contribution in [0.15, 0.2) is 42.5 Å². The summed E-state index contributed by atoms with van der Waals surface area (Å²) in [6, 6.07) is 13.3. The maximum Gasteiger partial charge on any atom is 0.232 e. The molecule has 0 bridgehead atoms. The number of carbonyl (C=O) groups excluding carboxylic acids is 1. The van der Waals surface area contributed by atoms with Crippen molar-refractivity contribution in [1.82, 2.24) is 5.32 Å². The molecule has 1 aliphatic heterocycles. The molecule has 1 N–H and O–H groups in total. The minimum Gasteiger partial charge on any atom is -0.487 e. The zero-order valence-corrected chi connectivity index (χ0v) is 19.8. The smallest absolute Gasteiger partial charge is 0.232 e. The van der Waals surface area contributed by atoms with Gasteiger partial charge in [-0.2, -0.15) is 0 Å². The van der Waals surface area contributed by atoms with Gasteiger partial charge in [0.1, 0.15) is 11.4 Å². The Bertz CT molecular complexity index is 1040. The van der Waals surface area contributed by atoms with Crippen molar-refractivity contribution in [2.75, 3.05) is 17.1 Å². The number of hydrogen-bond acceptors (Lipinski definition) is 4.